The number of fused-ring (bicyclic) bond motifs is 1. The Kier molecular flexibility index (Phi) is 8.33. The average molecular weight is 497 g/mol. The minimum absolute atomic E-state index is 0. The van der Waals surface area contributed by atoms with Crippen LogP contribution in [0.25, 0.3) is 10.1 Å². The van der Waals surface area contributed by atoms with E-state index in [1.807, 2.05) is 37.3 Å². The van der Waals surface area contributed by atoms with E-state index in [1.54, 1.807) is 23.5 Å². The van der Waals surface area contributed by atoms with Gasteiger partial charge in [-0.15, -0.1) is 35.3 Å². The maximum atomic E-state index is 10.5. The molecule has 27 heavy (non-hydrogen) atoms. The lowest BCUT2D eigenvalue weighted by Crippen LogP contribution is -2.39. The van der Waals surface area contributed by atoms with E-state index in [9.17, 15) is 10.2 Å². The number of thiophene rings is 1. The molecule has 0 aliphatic rings. The van der Waals surface area contributed by atoms with Gasteiger partial charge in [0.2, 0.25) is 0 Å². The Morgan fingerprint density at radius 1 is 1.11 bits per heavy atom. The van der Waals surface area contributed by atoms with Gasteiger partial charge in [0.1, 0.15) is 11.9 Å². The van der Waals surface area contributed by atoms with E-state index in [2.05, 4.69) is 27.8 Å². The Bertz CT molecular complexity index is 847. The fourth-order valence-corrected chi connectivity index (χ4v) is 3.62. The second kappa shape index (κ2) is 10.5. The number of nitrogens with one attached hydrogen (secondary N) is 2. The number of hydrogen-bond acceptors (Lipinski definition) is 4. The molecule has 0 fully saturated rings. The van der Waals surface area contributed by atoms with E-state index in [4.69, 9.17) is 0 Å². The van der Waals surface area contributed by atoms with Crippen molar-refractivity contribution in [1.29, 1.82) is 0 Å². The number of rotatable bonds is 6. The van der Waals surface area contributed by atoms with Gasteiger partial charge in [-0.2, -0.15) is 0 Å². The second-order valence-electron chi connectivity index (χ2n) is 5.94. The number of hydrogen-bond donors (Lipinski definition) is 4. The maximum absolute atomic E-state index is 10.5. The molecule has 0 amide bonds. The third-order valence-electron chi connectivity index (χ3n) is 3.94. The van der Waals surface area contributed by atoms with E-state index in [0.29, 0.717) is 19.0 Å². The lowest BCUT2D eigenvalue weighted by Gasteiger charge is -2.14. The van der Waals surface area contributed by atoms with Gasteiger partial charge in [0.25, 0.3) is 0 Å². The van der Waals surface area contributed by atoms with Gasteiger partial charge in [0.15, 0.2) is 5.96 Å². The van der Waals surface area contributed by atoms with Crippen LogP contribution in [0.2, 0.25) is 0 Å². The van der Waals surface area contributed by atoms with Gasteiger partial charge in [-0.05, 0) is 42.1 Å². The number of aliphatic hydroxyl groups excluding tert-OH is 1. The lowest BCUT2D eigenvalue weighted by atomic mass is 10.2. The first-order chi connectivity index (χ1) is 12.7. The Hall–Kier alpha value is -1.84. The maximum Gasteiger partial charge on any atom is 0.191 e. The summed E-state index contributed by atoms with van der Waals surface area (Å²) in [5.41, 5.74) is 1.00. The third-order valence-corrected chi connectivity index (χ3v) is 5.15. The number of nitrogens with zero attached hydrogens (tertiary/aromatic N) is 1. The van der Waals surface area contributed by atoms with Crippen molar-refractivity contribution in [2.24, 2.45) is 4.99 Å². The molecule has 144 valence electrons. The van der Waals surface area contributed by atoms with Crippen molar-refractivity contribution in [3.63, 3.8) is 0 Å². The van der Waals surface area contributed by atoms with Gasteiger partial charge in [-0.1, -0.05) is 30.3 Å². The number of guanidine groups is 1. The molecule has 1 unspecified atom stereocenters. The molecular formula is C20H24IN3O2S. The predicted octanol–water partition coefficient (Wildman–Crippen LogP) is 4.01. The van der Waals surface area contributed by atoms with Crippen LogP contribution in [0.15, 0.2) is 59.6 Å². The summed E-state index contributed by atoms with van der Waals surface area (Å²) >= 11 is 1.61. The Balaban J connectivity index is 0.00000261. The van der Waals surface area contributed by atoms with Crippen molar-refractivity contribution in [3.05, 3.63) is 65.0 Å². The van der Waals surface area contributed by atoms with Crippen LogP contribution in [0.5, 0.6) is 5.75 Å². The molecule has 0 saturated heterocycles. The molecule has 0 bridgehead atoms. The summed E-state index contributed by atoms with van der Waals surface area (Å²) in [5.74, 6) is 0.898. The SMILES string of the molecule is CCNC(=NCc1ccc(O)cc1)NCC(O)c1cc2ccccc2s1.I. The molecular weight excluding hydrogens is 473 g/mol. The fourth-order valence-electron chi connectivity index (χ4n) is 2.57. The summed E-state index contributed by atoms with van der Waals surface area (Å²) in [4.78, 5) is 5.46. The number of phenols is 1. The van der Waals surface area contributed by atoms with Crippen LogP contribution in [0.4, 0.5) is 0 Å². The summed E-state index contributed by atoms with van der Waals surface area (Å²) in [6.45, 7) is 3.61. The van der Waals surface area contributed by atoms with Crippen molar-refractivity contribution < 1.29 is 10.2 Å². The minimum Gasteiger partial charge on any atom is -0.508 e. The standard InChI is InChI=1S/C20H23N3O2S.HI/c1-2-21-20(22-12-14-7-9-16(24)10-8-14)23-13-17(25)19-11-15-5-3-4-6-18(15)26-19;/h3-11,17,24-25H,2,12-13H2,1H3,(H2,21,22,23);1H. The van der Waals surface area contributed by atoms with Gasteiger partial charge in [0.05, 0.1) is 6.54 Å². The molecule has 0 saturated carbocycles. The van der Waals surface area contributed by atoms with E-state index < -0.39 is 6.10 Å². The Morgan fingerprint density at radius 3 is 2.56 bits per heavy atom. The van der Waals surface area contributed by atoms with E-state index in [0.717, 1.165) is 22.4 Å². The van der Waals surface area contributed by atoms with Crippen molar-refractivity contribution in [1.82, 2.24) is 10.6 Å². The summed E-state index contributed by atoms with van der Waals surface area (Å²) in [6.07, 6.45) is -0.593. The van der Waals surface area contributed by atoms with Crippen LogP contribution < -0.4 is 10.6 Å². The minimum atomic E-state index is -0.593. The highest BCUT2D eigenvalue weighted by atomic mass is 127. The van der Waals surface area contributed by atoms with Crippen molar-refractivity contribution in [2.75, 3.05) is 13.1 Å². The van der Waals surface area contributed by atoms with Crippen LogP contribution in [0.3, 0.4) is 0 Å². The highest BCUT2D eigenvalue weighted by Crippen LogP contribution is 2.29. The van der Waals surface area contributed by atoms with Gasteiger partial charge >= 0.3 is 0 Å². The molecule has 1 heterocycles. The van der Waals surface area contributed by atoms with Gasteiger partial charge in [-0.3, -0.25) is 0 Å². The summed E-state index contributed by atoms with van der Waals surface area (Å²) in [6, 6.07) is 17.1. The summed E-state index contributed by atoms with van der Waals surface area (Å²) < 4.78 is 1.18. The molecule has 0 aliphatic carbocycles. The zero-order chi connectivity index (χ0) is 18.4. The predicted molar refractivity (Wildman–Crippen MR) is 123 cm³/mol. The third kappa shape index (κ3) is 6.08. The number of phenolic OH excluding ortho intramolecular Hbond substituents is 1. The smallest absolute Gasteiger partial charge is 0.191 e. The molecule has 2 aromatic carbocycles. The monoisotopic (exact) mass is 497 g/mol. The van der Waals surface area contributed by atoms with E-state index >= 15 is 0 Å². The largest absolute Gasteiger partial charge is 0.508 e. The molecule has 3 aromatic rings. The average Bonchev–Trinajstić information content (AvgIpc) is 3.09. The fraction of sp³-hybridized carbons (Fsp3) is 0.250. The molecule has 7 heteroatoms. The van der Waals surface area contributed by atoms with Crippen LogP contribution in [-0.4, -0.2) is 29.3 Å². The zero-order valence-electron chi connectivity index (χ0n) is 15.1. The number of aliphatic hydroxyl groups is 1. The van der Waals surface area contributed by atoms with Crippen LogP contribution >= 0.6 is 35.3 Å². The van der Waals surface area contributed by atoms with Crippen LogP contribution in [0, 0.1) is 0 Å². The first-order valence-electron chi connectivity index (χ1n) is 8.62. The molecule has 1 aromatic heterocycles. The summed E-state index contributed by atoms with van der Waals surface area (Å²) in [7, 11) is 0. The van der Waals surface area contributed by atoms with Crippen molar-refractivity contribution in [2.45, 2.75) is 19.6 Å². The van der Waals surface area contributed by atoms with Crippen molar-refractivity contribution >= 4 is 51.4 Å². The summed E-state index contributed by atoms with van der Waals surface area (Å²) in [5, 5.41) is 27.4. The molecule has 0 aliphatic heterocycles. The molecule has 5 nitrogen and oxygen atoms in total. The normalized spacial score (nSPS) is 12.4. The molecule has 3 rings (SSSR count). The highest BCUT2D eigenvalue weighted by molar-refractivity contribution is 14.0. The molecule has 4 N–H and O–H groups in total. The first kappa shape index (κ1) is 21.5. The quantitative estimate of drug-likeness (QED) is 0.236. The Labute approximate surface area is 180 Å². The molecule has 1 atom stereocenters. The lowest BCUT2D eigenvalue weighted by molar-refractivity contribution is 0.184. The van der Waals surface area contributed by atoms with Crippen molar-refractivity contribution in [3.8, 4) is 5.75 Å². The molecule has 0 spiro atoms. The number of halogens is 1. The number of aliphatic imine (C=N–C) groups is 1. The number of aromatic hydroxyl groups is 1. The van der Waals surface area contributed by atoms with E-state index in [-0.39, 0.29) is 29.7 Å². The zero-order valence-corrected chi connectivity index (χ0v) is 18.2. The van der Waals surface area contributed by atoms with Gasteiger partial charge < -0.3 is 20.8 Å². The van der Waals surface area contributed by atoms with E-state index in [1.165, 1.54) is 4.70 Å². The molecule has 0 radical (unpaired) electrons. The second-order valence-corrected chi connectivity index (χ2v) is 7.06. The Morgan fingerprint density at radius 2 is 1.85 bits per heavy atom. The van der Waals surface area contributed by atoms with Crippen LogP contribution in [-0.2, 0) is 6.54 Å². The van der Waals surface area contributed by atoms with Gasteiger partial charge in [0, 0.05) is 22.7 Å². The van der Waals surface area contributed by atoms with Crippen LogP contribution in [0.1, 0.15) is 23.5 Å². The van der Waals surface area contributed by atoms with Gasteiger partial charge in [-0.25, -0.2) is 4.99 Å². The number of benzene rings is 2. The highest BCUT2D eigenvalue weighted by Gasteiger charge is 2.12. The first-order valence-corrected chi connectivity index (χ1v) is 9.44. The topological polar surface area (TPSA) is 76.9 Å².